The number of carbonyl (C=O) groups excluding carboxylic acids is 1. The maximum atomic E-state index is 12.2. The van der Waals surface area contributed by atoms with Crippen molar-refractivity contribution in [2.75, 3.05) is 6.61 Å². The third-order valence-corrected chi connectivity index (χ3v) is 4.69. The van der Waals surface area contributed by atoms with Crippen LogP contribution in [0.4, 0.5) is 0 Å². The molecule has 0 heterocycles. The van der Waals surface area contributed by atoms with Gasteiger partial charge in [0.2, 0.25) is 0 Å². The van der Waals surface area contributed by atoms with Gasteiger partial charge in [-0.3, -0.25) is 4.57 Å². The van der Waals surface area contributed by atoms with Crippen molar-refractivity contribution in [2.45, 2.75) is 6.92 Å². The minimum atomic E-state index is -4.05. The lowest BCUT2D eigenvalue weighted by Gasteiger charge is -2.15. The molecule has 0 bridgehead atoms. The topological polar surface area (TPSA) is 72.8 Å². The summed E-state index contributed by atoms with van der Waals surface area (Å²) in [6.07, 6.45) is 0. The Morgan fingerprint density at radius 1 is 1.18 bits per heavy atom. The molecule has 2 rings (SSSR count). The van der Waals surface area contributed by atoms with E-state index in [9.17, 15) is 14.3 Å². The average Bonchev–Trinajstić information content (AvgIpc) is 2.48. The monoisotopic (exact) mass is 340 g/mol. The molecular formula is C15H14ClO5P. The molecule has 2 aromatic rings. The number of ether oxygens (including phenoxy) is 1. The van der Waals surface area contributed by atoms with Gasteiger partial charge in [-0.25, -0.2) is 4.79 Å². The van der Waals surface area contributed by atoms with E-state index in [1.54, 1.807) is 37.3 Å². The molecule has 0 aliphatic rings. The SMILES string of the molecule is CCOP(=O)(O)c1ccccc1OC(=O)c1ccccc1Cl. The number of esters is 1. The normalized spacial score (nSPS) is 13.4. The first-order chi connectivity index (χ1) is 10.5. The summed E-state index contributed by atoms with van der Waals surface area (Å²) in [5, 5.41) is 0.166. The van der Waals surface area contributed by atoms with Gasteiger partial charge in [0.15, 0.2) is 0 Å². The van der Waals surface area contributed by atoms with Gasteiger partial charge in [-0.2, -0.15) is 0 Å². The second-order valence-corrected chi connectivity index (χ2v) is 6.46. The standard InChI is InChI=1S/C15H14ClO5P/c1-2-20-22(18,19)14-10-6-5-9-13(14)21-15(17)11-7-3-4-8-12(11)16/h3-10H,2H2,1H3,(H,18,19). The van der Waals surface area contributed by atoms with Crippen LogP contribution in [0.25, 0.3) is 0 Å². The molecule has 2 aromatic carbocycles. The highest BCUT2D eigenvalue weighted by Gasteiger charge is 2.27. The summed E-state index contributed by atoms with van der Waals surface area (Å²) >= 11 is 5.94. The Bertz CT molecular complexity index is 731. The lowest BCUT2D eigenvalue weighted by atomic mass is 10.2. The molecule has 0 amide bonds. The van der Waals surface area contributed by atoms with E-state index in [2.05, 4.69) is 0 Å². The number of benzene rings is 2. The molecule has 1 atom stereocenters. The smallest absolute Gasteiger partial charge is 0.362 e. The zero-order valence-electron chi connectivity index (χ0n) is 11.7. The van der Waals surface area contributed by atoms with Gasteiger partial charge in [0.05, 0.1) is 17.2 Å². The molecular weight excluding hydrogens is 327 g/mol. The Hall–Kier alpha value is -1.65. The van der Waals surface area contributed by atoms with Crippen molar-refractivity contribution in [3.63, 3.8) is 0 Å². The fourth-order valence-electron chi connectivity index (χ4n) is 1.80. The van der Waals surface area contributed by atoms with Crippen molar-refractivity contribution in [3.05, 3.63) is 59.1 Å². The van der Waals surface area contributed by atoms with Crippen LogP contribution in [-0.2, 0) is 9.09 Å². The second kappa shape index (κ2) is 7.07. The Morgan fingerprint density at radius 3 is 2.50 bits per heavy atom. The number of halogens is 1. The van der Waals surface area contributed by atoms with E-state index < -0.39 is 13.6 Å². The molecule has 0 aliphatic heterocycles. The molecule has 0 fully saturated rings. The highest BCUT2D eigenvalue weighted by molar-refractivity contribution is 7.61. The number of rotatable bonds is 5. The fraction of sp³-hybridized carbons (Fsp3) is 0.133. The molecule has 116 valence electrons. The van der Waals surface area contributed by atoms with Crippen LogP contribution in [0.5, 0.6) is 5.75 Å². The maximum absolute atomic E-state index is 12.2. The molecule has 5 nitrogen and oxygen atoms in total. The lowest BCUT2D eigenvalue weighted by Crippen LogP contribution is -2.16. The summed E-state index contributed by atoms with van der Waals surface area (Å²) < 4.78 is 22.2. The first-order valence-electron chi connectivity index (χ1n) is 6.49. The number of hydrogen-bond donors (Lipinski definition) is 1. The van der Waals surface area contributed by atoms with Gasteiger partial charge < -0.3 is 14.2 Å². The van der Waals surface area contributed by atoms with Crippen LogP contribution >= 0.6 is 19.2 Å². The number of para-hydroxylation sites is 1. The molecule has 22 heavy (non-hydrogen) atoms. The third kappa shape index (κ3) is 3.76. The molecule has 0 saturated carbocycles. The maximum Gasteiger partial charge on any atom is 0.362 e. The van der Waals surface area contributed by atoms with Gasteiger partial charge >= 0.3 is 13.6 Å². The lowest BCUT2D eigenvalue weighted by molar-refractivity contribution is 0.0736. The Morgan fingerprint density at radius 2 is 1.82 bits per heavy atom. The number of carbonyl (C=O) groups is 1. The van der Waals surface area contributed by atoms with Crippen LogP contribution in [0.1, 0.15) is 17.3 Å². The van der Waals surface area contributed by atoms with E-state index in [0.29, 0.717) is 0 Å². The molecule has 1 N–H and O–H groups in total. The first-order valence-corrected chi connectivity index (χ1v) is 8.45. The minimum absolute atomic E-state index is 0.0355. The summed E-state index contributed by atoms with van der Waals surface area (Å²) in [7, 11) is -4.05. The molecule has 0 radical (unpaired) electrons. The van der Waals surface area contributed by atoms with Crippen molar-refractivity contribution in [1.29, 1.82) is 0 Å². The van der Waals surface area contributed by atoms with E-state index >= 15 is 0 Å². The van der Waals surface area contributed by atoms with Crippen LogP contribution in [0.15, 0.2) is 48.5 Å². The predicted octanol–water partition coefficient (Wildman–Crippen LogP) is 3.41. The predicted molar refractivity (Wildman–Crippen MR) is 83.9 cm³/mol. The average molecular weight is 341 g/mol. The molecule has 0 spiro atoms. The molecule has 1 unspecified atom stereocenters. The third-order valence-electron chi connectivity index (χ3n) is 2.77. The molecule has 0 aromatic heterocycles. The summed E-state index contributed by atoms with van der Waals surface area (Å²) in [6.45, 7) is 1.65. The summed E-state index contributed by atoms with van der Waals surface area (Å²) in [6, 6.07) is 12.3. The zero-order chi connectivity index (χ0) is 16.2. The van der Waals surface area contributed by atoms with Crippen molar-refractivity contribution in [3.8, 4) is 5.75 Å². The first kappa shape index (κ1) is 16.7. The van der Waals surface area contributed by atoms with Gasteiger partial charge in [0.1, 0.15) is 11.1 Å². The summed E-state index contributed by atoms with van der Waals surface area (Å²) in [4.78, 5) is 22.1. The van der Waals surface area contributed by atoms with Gasteiger partial charge in [-0.15, -0.1) is 0 Å². The van der Waals surface area contributed by atoms with Gasteiger partial charge in [-0.05, 0) is 31.2 Å². The van der Waals surface area contributed by atoms with Gasteiger partial charge in [-0.1, -0.05) is 35.9 Å². The molecule has 0 saturated heterocycles. The summed E-state index contributed by atoms with van der Waals surface area (Å²) in [5.74, 6) is -0.749. The highest BCUT2D eigenvalue weighted by atomic mass is 35.5. The van der Waals surface area contributed by atoms with E-state index in [1.807, 2.05) is 0 Å². The van der Waals surface area contributed by atoms with Crippen molar-refractivity contribution >= 4 is 30.5 Å². The molecule has 7 heteroatoms. The van der Waals surface area contributed by atoms with Gasteiger partial charge in [0.25, 0.3) is 0 Å². The Labute approximate surface area is 133 Å². The summed E-state index contributed by atoms with van der Waals surface area (Å²) in [5.41, 5.74) is 0.170. The van der Waals surface area contributed by atoms with Crippen LogP contribution in [-0.4, -0.2) is 17.5 Å². The quantitative estimate of drug-likeness (QED) is 0.513. The zero-order valence-corrected chi connectivity index (χ0v) is 13.4. The Balaban J connectivity index is 2.33. The van der Waals surface area contributed by atoms with Gasteiger partial charge in [0, 0.05) is 0 Å². The Kier molecular flexibility index (Phi) is 5.37. The highest BCUT2D eigenvalue weighted by Crippen LogP contribution is 2.43. The van der Waals surface area contributed by atoms with Crippen molar-refractivity contribution in [2.24, 2.45) is 0 Å². The van der Waals surface area contributed by atoms with Crippen molar-refractivity contribution in [1.82, 2.24) is 0 Å². The minimum Gasteiger partial charge on any atom is -0.422 e. The number of hydrogen-bond acceptors (Lipinski definition) is 4. The van der Waals surface area contributed by atoms with Crippen molar-refractivity contribution < 1.29 is 23.5 Å². The van der Waals surface area contributed by atoms with E-state index in [1.165, 1.54) is 18.2 Å². The van der Waals surface area contributed by atoms with Crippen LogP contribution in [0, 0.1) is 0 Å². The molecule has 0 aliphatic carbocycles. The van der Waals surface area contributed by atoms with Crippen LogP contribution in [0.3, 0.4) is 0 Å². The van der Waals surface area contributed by atoms with Crippen LogP contribution < -0.4 is 10.0 Å². The van der Waals surface area contributed by atoms with E-state index in [4.69, 9.17) is 20.9 Å². The van der Waals surface area contributed by atoms with Crippen LogP contribution in [0.2, 0.25) is 5.02 Å². The second-order valence-electron chi connectivity index (χ2n) is 4.28. The van der Waals surface area contributed by atoms with E-state index in [-0.39, 0.29) is 28.2 Å². The fourth-order valence-corrected chi connectivity index (χ4v) is 3.18. The largest absolute Gasteiger partial charge is 0.422 e. The van der Waals surface area contributed by atoms with E-state index in [0.717, 1.165) is 0 Å².